The minimum absolute atomic E-state index is 0.663. The molecule has 11 heavy (non-hydrogen) atoms. The number of alkyl halides is 3. The van der Waals surface area contributed by atoms with E-state index in [1.54, 1.807) is 0 Å². The zero-order valence-electron chi connectivity index (χ0n) is 4.62. The van der Waals surface area contributed by atoms with E-state index >= 15 is 0 Å². The lowest BCUT2D eigenvalue weighted by molar-refractivity contribution is -0.591. The van der Waals surface area contributed by atoms with Gasteiger partial charge in [-0.25, -0.2) is 5.26 Å². The molecule has 1 N–H and O–H groups in total. The first-order chi connectivity index (χ1) is 4.98. The van der Waals surface area contributed by atoms with E-state index in [2.05, 4.69) is 14.4 Å². The van der Waals surface area contributed by atoms with Crippen molar-refractivity contribution in [3.8, 4) is 0 Å². The fourth-order valence-corrected chi connectivity index (χ4v) is 0.313. The van der Waals surface area contributed by atoms with Crippen molar-refractivity contribution in [1.29, 1.82) is 0 Å². The van der Waals surface area contributed by atoms with Gasteiger partial charge in [0, 0.05) is 0 Å². The maximum atomic E-state index is 11.3. The summed E-state index contributed by atoms with van der Waals surface area (Å²) in [5.41, 5.74) is 0. The first-order valence-electron chi connectivity index (χ1n) is 1.91. The van der Waals surface area contributed by atoms with Crippen molar-refractivity contribution in [2.24, 2.45) is 0 Å². The third kappa shape index (κ3) is 4.98. The van der Waals surface area contributed by atoms with Crippen LogP contribution >= 0.6 is 12.0 Å². The first kappa shape index (κ1) is 10.7. The van der Waals surface area contributed by atoms with Crippen molar-refractivity contribution >= 4 is 17.2 Å². The molecule has 0 aromatic carbocycles. The molecule has 0 saturated carbocycles. The van der Waals surface area contributed by atoms with E-state index in [0.717, 1.165) is 0 Å². The van der Waals surface area contributed by atoms with Gasteiger partial charge in [-0.15, -0.1) is 4.33 Å². The first-order valence-corrected chi connectivity index (χ1v) is 2.65. The fraction of sp³-hybridized carbons (Fsp3) is 0.500. The molecule has 0 radical (unpaired) electrons. The Kier molecular flexibility index (Phi) is 4.37. The highest BCUT2D eigenvalue weighted by molar-refractivity contribution is 8.09. The summed E-state index contributed by atoms with van der Waals surface area (Å²) >= 11 is -0.663. The summed E-state index contributed by atoms with van der Waals surface area (Å²) in [6, 6.07) is 0. The molecular formula is C2HF3O5S. The smallest absolute Gasteiger partial charge is 0.274 e. The molecule has 0 saturated heterocycles. The van der Waals surface area contributed by atoms with Gasteiger partial charge in [-0.05, 0) is 10.1 Å². The SMILES string of the molecule is O=C(SOOOO)C(F)(F)F. The van der Waals surface area contributed by atoms with Crippen LogP contribution in [-0.2, 0) is 19.2 Å². The fourth-order valence-electron chi connectivity index (χ4n) is 0.104. The van der Waals surface area contributed by atoms with E-state index in [4.69, 9.17) is 5.26 Å². The van der Waals surface area contributed by atoms with Crippen molar-refractivity contribution in [1.82, 2.24) is 0 Å². The average molecular weight is 194 g/mol. The van der Waals surface area contributed by atoms with Crippen LogP contribution in [0.2, 0.25) is 0 Å². The molecule has 0 amide bonds. The summed E-state index contributed by atoms with van der Waals surface area (Å²) in [4.78, 5) is 9.84. The minimum atomic E-state index is -5.01. The molecule has 0 aromatic rings. The monoisotopic (exact) mass is 194 g/mol. The summed E-state index contributed by atoms with van der Waals surface area (Å²) < 4.78 is 37.1. The van der Waals surface area contributed by atoms with E-state index in [-0.39, 0.29) is 0 Å². The predicted molar refractivity (Wildman–Crippen MR) is 24.5 cm³/mol. The van der Waals surface area contributed by atoms with E-state index in [9.17, 15) is 18.0 Å². The van der Waals surface area contributed by atoms with Crippen LogP contribution in [0, 0.1) is 0 Å². The Balaban J connectivity index is 3.54. The number of hydrogen-bond donors (Lipinski definition) is 1. The summed E-state index contributed by atoms with van der Waals surface area (Å²) in [7, 11) is 0. The number of halogens is 3. The highest BCUT2D eigenvalue weighted by Crippen LogP contribution is 2.23. The van der Waals surface area contributed by atoms with Crippen molar-refractivity contribution in [3.63, 3.8) is 0 Å². The Hall–Kier alpha value is -0.350. The van der Waals surface area contributed by atoms with Crippen LogP contribution in [0.4, 0.5) is 13.2 Å². The van der Waals surface area contributed by atoms with Gasteiger partial charge in [0.05, 0.1) is 0 Å². The maximum absolute atomic E-state index is 11.3. The quantitative estimate of drug-likeness (QED) is 0.314. The van der Waals surface area contributed by atoms with Gasteiger partial charge >= 0.3 is 11.3 Å². The van der Waals surface area contributed by atoms with Gasteiger partial charge in [-0.1, -0.05) is 0 Å². The minimum Gasteiger partial charge on any atom is -0.274 e. The lowest BCUT2D eigenvalue weighted by atomic mass is 10.8. The third-order valence-corrected chi connectivity index (χ3v) is 0.906. The zero-order chi connectivity index (χ0) is 8.91. The molecule has 9 heteroatoms. The van der Waals surface area contributed by atoms with Gasteiger partial charge in [0.15, 0.2) is 0 Å². The maximum Gasteiger partial charge on any atom is 0.463 e. The molecule has 0 aliphatic heterocycles. The molecule has 0 atom stereocenters. The van der Waals surface area contributed by atoms with Crippen LogP contribution in [-0.4, -0.2) is 16.5 Å². The van der Waals surface area contributed by atoms with Crippen LogP contribution in [0.5, 0.6) is 0 Å². The van der Waals surface area contributed by atoms with Gasteiger partial charge in [-0.2, -0.15) is 13.2 Å². The van der Waals surface area contributed by atoms with Gasteiger partial charge < -0.3 is 0 Å². The van der Waals surface area contributed by atoms with Crippen LogP contribution in [0.1, 0.15) is 0 Å². The average Bonchev–Trinajstić information content (AvgIpc) is 1.86. The second-order valence-electron chi connectivity index (χ2n) is 1.08. The third-order valence-electron chi connectivity index (χ3n) is 0.399. The predicted octanol–water partition coefficient (Wildman–Crippen LogP) is 1.08. The standard InChI is InChI=1S/C2HF3O5S/c3-2(4,5)1(6)11-10-9-8-7/h7H. The number of carbonyl (C=O) groups is 1. The normalized spacial score (nSPS) is 11.6. The topological polar surface area (TPSA) is 65.0 Å². The molecule has 0 aliphatic carbocycles. The zero-order valence-corrected chi connectivity index (χ0v) is 5.44. The molecule has 0 unspecified atom stereocenters. The molecule has 0 aliphatic rings. The van der Waals surface area contributed by atoms with Crippen molar-refractivity contribution in [3.05, 3.63) is 0 Å². The largest absolute Gasteiger partial charge is 0.463 e. The molecule has 0 fully saturated rings. The molecule has 5 nitrogen and oxygen atoms in total. The Bertz CT molecular complexity index is 134. The van der Waals surface area contributed by atoms with E-state index in [1.165, 1.54) is 0 Å². The van der Waals surface area contributed by atoms with Crippen molar-refractivity contribution < 1.29 is 37.6 Å². The molecule has 0 rings (SSSR count). The highest BCUT2D eigenvalue weighted by atomic mass is 32.2. The van der Waals surface area contributed by atoms with Crippen LogP contribution in [0.3, 0.4) is 0 Å². The van der Waals surface area contributed by atoms with Crippen molar-refractivity contribution in [2.75, 3.05) is 0 Å². The lowest BCUT2D eigenvalue weighted by Gasteiger charge is -2.00. The highest BCUT2D eigenvalue weighted by Gasteiger charge is 2.40. The van der Waals surface area contributed by atoms with Crippen molar-refractivity contribution in [2.45, 2.75) is 6.18 Å². The van der Waals surface area contributed by atoms with Crippen LogP contribution in [0.25, 0.3) is 0 Å². The Morgan fingerprint density at radius 3 is 2.36 bits per heavy atom. The van der Waals surface area contributed by atoms with Crippen LogP contribution in [0.15, 0.2) is 0 Å². The number of carbonyl (C=O) groups excluding carboxylic acids is 1. The molecule has 0 spiro atoms. The lowest BCUT2D eigenvalue weighted by Crippen LogP contribution is -2.19. The number of hydrogen-bond acceptors (Lipinski definition) is 6. The Morgan fingerprint density at radius 2 is 2.00 bits per heavy atom. The van der Waals surface area contributed by atoms with Gasteiger partial charge in [0.2, 0.25) is 0 Å². The molecular weight excluding hydrogens is 193 g/mol. The Morgan fingerprint density at radius 1 is 1.45 bits per heavy atom. The molecule has 66 valence electrons. The van der Waals surface area contributed by atoms with Gasteiger partial charge in [0.25, 0.3) is 0 Å². The molecule has 0 heterocycles. The van der Waals surface area contributed by atoms with Crippen LogP contribution < -0.4 is 0 Å². The van der Waals surface area contributed by atoms with E-state index in [1.807, 2.05) is 0 Å². The van der Waals surface area contributed by atoms with E-state index in [0.29, 0.717) is 0 Å². The van der Waals surface area contributed by atoms with E-state index < -0.39 is 23.3 Å². The van der Waals surface area contributed by atoms with Gasteiger partial charge in [-0.3, -0.25) is 4.79 Å². The summed E-state index contributed by atoms with van der Waals surface area (Å²) in [6.07, 6.45) is -5.01. The molecule has 0 aromatic heterocycles. The second kappa shape index (κ2) is 4.51. The molecule has 0 bridgehead atoms. The summed E-state index contributed by atoms with van der Waals surface area (Å²) in [5.74, 6) is 0. The number of rotatable bonds is 3. The second-order valence-corrected chi connectivity index (χ2v) is 1.75. The summed E-state index contributed by atoms with van der Waals surface area (Å²) in [5, 5.41) is 10.9. The summed E-state index contributed by atoms with van der Waals surface area (Å²) in [6.45, 7) is 0. The van der Waals surface area contributed by atoms with Gasteiger partial charge in [0.1, 0.15) is 12.0 Å². The Labute approximate surface area is 62.0 Å².